The van der Waals surface area contributed by atoms with Gasteiger partial charge in [0.15, 0.2) is 5.16 Å². The predicted octanol–water partition coefficient (Wildman–Crippen LogP) is 2.77. The molecular formula is C17H22N4O2S. The molecule has 0 radical (unpaired) electrons. The number of methoxy groups -OCH3 is 1. The highest BCUT2D eigenvalue weighted by Gasteiger charge is 2.18. The lowest BCUT2D eigenvalue weighted by atomic mass is 10.2. The number of ether oxygens (including phenoxy) is 1. The Labute approximate surface area is 146 Å². The lowest BCUT2D eigenvalue weighted by Crippen LogP contribution is -2.33. The molecule has 1 aromatic carbocycles. The van der Waals surface area contributed by atoms with Gasteiger partial charge in [0, 0.05) is 13.1 Å². The third-order valence-electron chi connectivity index (χ3n) is 4.14. The lowest BCUT2D eigenvalue weighted by Gasteiger charge is -2.19. The summed E-state index contributed by atoms with van der Waals surface area (Å²) in [6, 6.07) is 7.70. The van der Waals surface area contributed by atoms with Gasteiger partial charge in [0.05, 0.1) is 18.6 Å². The highest BCUT2D eigenvalue weighted by molar-refractivity contribution is 7.99. The van der Waals surface area contributed by atoms with E-state index >= 15 is 0 Å². The van der Waals surface area contributed by atoms with Crippen LogP contribution in [0.1, 0.15) is 25.7 Å². The number of carbonyl (C=O) groups is 1. The van der Waals surface area contributed by atoms with Gasteiger partial charge in [-0.25, -0.2) is 0 Å². The van der Waals surface area contributed by atoms with E-state index in [0.717, 1.165) is 37.4 Å². The van der Waals surface area contributed by atoms with E-state index in [2.05, 4.69) is 10.2 Å². The number of likely N-dealkylation sites (tertiary alicyclic amines) is 1. The maximum absolute atomic E-state index is 12.4. The molecule has 1 fully saturated rings. The van der Waals surface area contributed by atoms with Crippen molar-refractivity contribution in [1.29, 1.82) is 0 Å². The van der Waals surface area contributed by atoms with Gasteiger partial charge < -0.3 is 9.64 Å². The second-order valence-corrected chi connectivity index (χ2v) is 6.68. The van der Waals surface area contributed by atoms with E-state index in [0.29, 0.717) is 10.9 Å². The van der Waals surface area contributed by atoms with Gasteiger partial charge in [0.1, 0.15) is 12.1 Å². The summed E-state index contributed by atoms with van der Waals surface area (Å²) in [7, 11) is 1.64. The Bertz CT molecular complexity index is 681. The smallest absolute Gasteiger partial charge is 0.233 e. The SMILES string of the molecule is COc1ccccc1-n1cnnc1SCC(=O)N1CCCCCC1. The van der Waals surface area contributed by atoms with Crippen LogP contribution in [0.5, 0.6) is 5.75 Å². The minimum absolute atomic E-state index is 0.177. The van der Waals surface area contributed by atoms with Gasteiger partial charge in [0.2, 0.25) is 5.91 Å². The van der Waals surface area contributed by atoms with E-state index in [9.17, 15) is 4.79 Å². The van der Waals surface area contributed by atoms with E-state index in [4.69, 9.17) is 4.74 Å². The van der Waals surface area contributed by atoms with Gasteiger partial charge in [-0.2, -0.15) is 0 Å². The molecule has 1 aliphatic heterocycles. The molecule has 1 saturated heterocycles. The third kappa shape index (κ3) is 3.90. The summed E-state index contributed by atoms with van der Waals surface area (Å²) < 4.78 is 7.26. The molecule has 2 heterocycles. The second kappa shape index (κ2) is 8.19. The van der Waals surface area contributed by atoms with Gasteiger partial charge >= 0.3 is 0 Å². The average molecular weight is 346 g/mol. The van der Waals surface area contributed by atoms with Crippen LogP contribution in [0.15, 0.2) is 35.7 Å². The number of thioether (sulfide) groups is 1. The predicted molar refractivity (Wildman–Crippen MR) is 93.7 cm³/mol. The first kappa shape index (κ1) is 16.8. The number of hydrogen-bond acceptors (Lipinski definition) is 5. The molecule has 0 spiro atoms. The molecule has 0 bridgehead atoms. The number of hydrogen-bond donors (Lipinski definition) is 0. The van der Waals surface area contributed by atoms with Crippen molar-refractivity contribution < 1.29 is 9.53 Å². The Kier molecular flexibility index (Phi) is 5.74. The van der Waals surface area contributed by atoms with Crippen LogP contribution in [-0.2, 0) is 4.79 Å². The third-order valence-corrected chi connectivity index (χ3v) is 5.07. The molecule has 24 heavy (non-hydrogen) atoms. The Morgan fingerprint density at radius 2 is 1.96 bits per heavy atom. The maximum Gasteiger partial charge on any atom is 0.233 e. The van der Waals surface area contributed by atoms with Crippen molar-refractivity contribution in [2.45, 2.75) is 30.8 Å². The van der Waals surface area contributed by atoms with Crippen molar-refractivity contribution in [3.63, 3.8) is 0 Å². The summed E-state index contributed by atoms with van der Waals surface area (Å²) >= 11 is 1.42. The van der Waals surface area contributed by atoms with Crippen molar-refractivity contribution in [3.05, 3.63) is 30.6 Å². The second-order valence-electron chi connectivity index (χ2n) is 5.74. The zero-order chi connectivity index (χ0) is 16.8. The molecule has 0 aliphatic carbocycles. The number of para-hydroxylation sites is 2. The zero-order valence-electron chi connectivity index (χ0n) is 13.9. The number of benzene rings is 1. The summed E-state index contributed by atoms with van der Waals surface area (Å²) in [5.74, 6) is 1.31. The molecule has 1 aromatic heterocycles. The molecule has 0 atom stereocenters. The van der Waals surface area contributed by atoms with Crippen molar-refractivity contribution in [1.82, 2.24) is 19.7 Å². The van der Waals surface area contributed by atoms with Gasteiger partial charge in [-0.05, 0) is 25.0 Å². The number of nitrogens with zero attached hydrogens (tertiary/aromatic N) is 4. The number of rotatable bonds is 5. The van der Waals surface area contributed by atoms with E-state index in [1.165, 1.54) is 24.6 Å². The Morgan fingerprint density at radius 3 is 2.71 bits per heavy atom. The molecule has 3 rings (SSSR count). The fourth-order valence-electron chi connectivity index (χ4n) is 2.85. The maximum atomic E-state index is 12.4. The number of amides is 1. The van der Waals surface area contributed by atoms with Crippen molar-refractivity contribution in [2.24, 2.45) is 0 Å². The Balaban J connectivity index is 1.68. The van der Waals surface area contributed by atoms with E-state index in [1.807, 2.05) is 33.7 Å². The lowest BCUT2D eigenvalue weighted by molar-refractivity contribution is -0.128. The molecule has 1 aliphatic rings. The van der Waals surface area contributed by atoms with Gasteiger partial charge in [-0.15, -0.1) is 10.2 Å². The first-order valence-corrected chi connectivity index (χ1v) is 9.22. The molecule has 0 saturated carbocycles. The molecule has 0 N–H and O–H groups in total. The molecule has 6 nitrogen and oxygen atoms in total. The van der Waals surface area contributed by atoms with Gasteiger partial charge in [0.25, 0.3) is 0 Å². The molecule has 0 unspecified atom stereocenters. The largest absolute Gasteiger partial charge is 0.495 e. The summed E-state index contributed by atoms with van der Waals surface area (Å²) in [5, 5.41) is 8.84. The topological polar surface area (TPSA) is 60.2 Å². The minimum Gasteiger partial charge on any atom is -0.495 e. The van der Waals surface area contributed by atoms with Crippen LogP contribution < -0.4 is 4.74 Å². The van der Waals surface area contributed by atoms with Gasteiger partial charge in [-0.1, -0.05) is 36.7 Å². The fraction of sp³-hybridized carbons (Fsp3) is 0.471. The number of carbonyl (C=O) groups excluding carboxylic acids is 1. The van der Waals surface area contributed by atoms with E-state index < -0.39 is 0 Å². The fourth-order valence-corrected chi connectivity index (χ4v) is 3.68. The van der Waals surface area contributed by atoms with Crippen LogP contribution >= 0.6 is 11.8 Å². The quantitative estimate of drug-likeness (QED) is 0.779. The van der Waals surface area contributed by atoms with Gasteiger partial charge in [-0.3, -0.25) is 9.36 Å². The molecule has 1 amide bonds. The summed E-state index contributed by atoms with van der Waals surface area (Å²) in [4.78, 5) is 14.4. The van der Waals surface area contributed by atoms with Crippen LogP contribution in [0.2, 0.25) is 0 Å². The van der Waals surface area contributed by atoms with Crippen molar-refractivity contribution in [2.75, 3.05) is 26.0 Å². The van der Waals surface area contributed by atoms with Crippen LogP contribution in [0.3, 0.4) is 0 Å². The van der Waals surface area contributed by atoms with Crippen LogP contribution in [0.25, 0.3) is 5.69 Å². The molecular weight excluding hydrogens is 324 g/mol. The zero-order valence-corrected chi connectivity index (χ0v) is 14.7. The molecule has 128 valence electrons. The normalized spacial score (nSPS) is 15.1. The Morgan fingerprint density at radius 1 is 1.21 bits per heavy atom. The average Bonchev–Trinajstić information content (AvgIpc) is 2.91. The van der Waals surface area contributed by atoms with Crippen molar-refractivity contribution >= 4 is 17.7 Å². The highest BCUT2D eigenvalue weighted by Crippen LogP contribution is 2.26. The Hall–Kier alpha value is -2.02. The monoisotopic (exact) mass is 346 g/mol. The minimum atomic E-state index is 0.177. The van der Waals surface area contributed by atoms with Crippen LogP contribution in [-0.4, -0.2) is 51.5 Å². The highest BCUT2D eigenvalue weighted by atomic mass is 32.2. The standard InChI is InChI=1S/C17H22N4O2S/c1-23-15-9-5-4-8-14(15)21-13-18-19-17(21)24-12-16(22)20-10-6-2-3-7-11-20/h4-5,8-9,13H,2-3,6-7,10-12H2,1H3. The van der Waals surface area contributed by atoms with Crippen LogP contribution in [0.4, 0.5) is 0 Å². The van der Waals surface area contributed by atoms with Crippen LogP contribution in [0, 0.1) is 0 Å². The summed E-state index contributed by atoms with van der Waals surface area (Å²) in [6.07, 6.45) is 6.30. The molecule has 2 aromatic rings. The first-order chi connectivity index (χ1) is 11.8. The van der Waals surface area contributed by atoms with E-state index in [-0.39, 0.29) is 5.91 Å². The summed E-state index contributed by atoms with van der Waals surface area (Å²) in [6.45, 7) is 1.75. The number of aromatic nitrogens is 3. The molecule has 7 heteroatoms. The van der Waals surface area contributed by atoms with E-state index in [1.54, 1.807) is 13.4 Å². The van der Waals surface area contributed by atoms with Crippen molar-refractivity contribution in [3.8, 4) is 11.4 Å². The summed E-state index contributed by atoms with van der Waals surface area (Å²) in [5.41, 5.74) is 0.870. The first-order valence-electron chi connectivity index (χ1n) is 8.23.